The summed E-state index contributed by atoms with van der Waals surface area (Å²) in [6.07, 6.45) is 26.7. The van der Waals surface area contributed by atoms with Crippen molar-refractivity contribution in [2.24, 2.45) is 0 Å². The number of unbranched alkanes of at least 4 members (excludes halogenated alkanes) is 14. The van der Waals surface area contributed by atoms with Gasteiger partial charge in [0.15, 0.2) is 0 Å². The van der Waals surface area contributed by atoms with Crippen molar-refractivity contribution in [3.05, 3.63) is 89.5 Å². The number of benzene rings is 2. The van der Waals surface area contributed by atoms with Crippen molar-refractivity contribution in [2.75, 3.05) is 0 Å². The van der Waals surface area contributed by atoms with Gasteiger partial charge in [-0.25, -0.2) is 9.13 Å². The molecule has 1 aromatic heterocycles. The molecular formula is C39H61N2+. The minimum absolute atomic E-state index is 0.518. The Morgan fingerprint density at radius 1 is 0.610 bits per heavy atom. The number of hydrogen-bond donors (Lipinski definition) is 0. The summed E-state index contributed by atoms with van der Waals surface area (Å²) in [5.41, 5.74) is 4.39. The van der Waals surface area contributed by atoms with Crippen molar-refractivity contribution >= 4 is 0 Å². The lowest BCUT2D eigenvalue weighted by atomic mass is 9.96. The summed E-state index contributed by atoms with van der Waals surface area (Å²) in [7, 11) is 0. The predicted octanol–water partition coefficient (Wildman–Crippen LogP) is 11.0. The highest BCUT2D eigenvalue weighted by Gasteiger charge is 2.25. The molecular weight excluding hydrogens is 496 g/mol. The van der Waals surface area contributed by atoms with Crippen molar-refractivity contribution in [2.45, 2.75) is 155 Å². The maximum atomic E-state index is 2.72. The Balaban J connectivity index is 1.67. The molecule has 0 N–H and O–H groups in total. The topological polar surface area (TPSA) is 8.81 Å². The molecule has 0 spiro atoms. The lowest BCUT2D eigenvalue weighted by Gasteiger charge is -2.12. The molecule has 1 atom stereocenters. The van der Waals surface area contributed by atoms with Crippen molar-refractivity contribution in [3.8, 4) is 0 Å². The van der Waals surface area contributed by atoms with E-state index < -0.39 is 0 Å². The first-order chi connectivity index (χ1) is 20.2. The molecule has 0 bridgehead atoms. The lowest BCUT2D eigenvalue weighted by molar-refractivity contribution is -0.704. The van der Waals surface area contributed by atoms with Gasteiger partial charge < -0.3 is 0 Å². The Bertz CT molecular complexity index is 1040. The predicted molar refractivity (Wildman–Crippen MR) is 178 cm³/mol. The van der Waals surface area contributed by atoms with Crippen molar-refractivity contribution in [3.63, 3.8) is 0 Å². The van der Waals surface area contributed by atoms with E-state index in [-0.39, 0.29) is 0 Å². The maximum absolute atomic E-state index is 2.72. The van der Waals surface area contributed by atoms with Crippen LogP contribution in [0.1, 0.15) is 152 Å². The second-order valence-electron chi connectivity index (χ2n) is 12.5. The van der Waals surface area contributed by atoms with Crippen LogP contribution in [0.2, 0.25) is 0 Å². The van der Waals surface area contributed by atoms with Gasteiger partial charge in [0.05, 0.1) is 19.5 Å². The molecule has 0 aliphatic rings. The standard InChI is InChI=1S/C39H61N2/c1-4-6-8-10-11-12-13-14-15-17-24-30-40-34-38(32-35(3)37-28-22-19-23-29-37)41(31-25-16-9-7-5-2)39(40)33-36-26-20-18-21-27-36/h18-23,26-29,34-35H,4-17,24-25,30-33H2,1-3H3/q+1. The number of rotatable bonds is 23. The van der Waals surface area contributed by atoms with Crippen LogP contribution < -0.4 is 4.57 Å². The van der Waals surface area contributed by atoms with Crippen LogP contribution in [0.25, 0.3) is 0 Å². The summed E-state index contributed by atoms with van der Waals surface area (Å²) in [6, 6.07) is 22.2. The Morgan fingerprint density at radius 2 is 1.12 bits per heavy atom. The van der Waals surface area contributed by atoms with Crippen LogP contribution in [0.5, 0.6) is 0 Å². The van der Waals surface area contributed by atoms with E-state index in [1.165, 1.54) is 125 Å². The van der Waals surface area contributed by atoms with Crippen LogP contribution in [0, 0.1) is 0 Å². The zero-order valence-corrected chi connectivity index (χ0v) is 27.0. The van der Waals surface area contributed by atoms with Crippen molar-refractivity contribution in [1.82, 2.24) is 4.57 Å². The quantitative estimate of drug-likeness (QED) is 0.0810. The van der Waals surface area contributed by atoms with Gasteiger partial charge in [-0.2, -0.15) is 0 Å². The third-order valence-corrected chi connectivity index (χ3v) is 8.87. The fourth-order valence-electron chi connectivity index (χ4n) is 6.28. The molecule has 226 valence electrons. The Labute approximate surface area is 253 Å². The molecule has 0 radical (unpaired) electrons. The van der Waals surface area contributed by atoms with Gasteiger partial charge in [-0.1, -0.05) is 158 Å². The molecule has 2 aromatic carbocycles. The highest BCUT2D eigenvalue weighted by molar-refractivity contribution is 5.22. The van der Waals surface area contributed by atoms with E-state index in [9.17, 15) is 0 Å². The number of imidazole rings is 1. The largest absolute Gasteiger partial charge is 0.261 e. The van der Waals surface area contributed by atoms with Gasteiger partial charge in [0.1, 0.15) is 11.9 Å². The zero-order valence-electron chi connectivity index (χ0n) is 27.0. The smallest absolute Gasteiger partial charge is 0.234 e. The first-order valence-electron chi connectivity index (χ1n) is 17.4. The molecule has 0 aliphatic carbocycles. The highest BCUT2D eigenvalue weighted by Crippen LogP contribution is 2.22. The van der Waals surface area contributed by atoms with Gasteiger partial charge in [-0.05, 0) is 42.7 Å². The Morgan fingerprint density at radius 3 is 1.71 bits per heavy atom. The lowest BCUT2D eigenvalue weighted by Crippen LogP contribution is -2.37. The second kappa shape index (κ2) is 20.5. The average molecular weight is 558 g/mol. The van der Waals surface area contributed by atoms with Crippen LogP contribution in [-0.2, 0) is 25.9 Å². The first-order valence-corrected chi connectivity index (χ1v) is 17.4. The number of aromatic nitrogens is 2. The Kier molecular flexibility index (Phi) is 16.6. The molecule has 0 aliphatic heterocycles. The van der Waals surface area contributed by atoms with Gasteiger partial charge in [0, 0.05) is 6.42 Å². The summed E-state index contributed by atoms with van der Waals surface area (Å²) in [4.78, 5) is 0. The molecule has 2 nitrogen and oxygen atoms in total. The van der Waals surface area contributed by atoms with Crippen molar-refractivity contribution in [1.29, 1.82) is 0 Å². The number of nitrogens with zero attached hydrogens (tertiary/aromatic N) is 2. The maximum Gasteiger partial charge on any atom is 0.261 e. The van der Waals surface area contributed by atoms with Crippen LogP contribution in [-0.4, -0.2) is 4.57 Å². The third kappa shape index (κ3) is 12.6. The monoisotopic (exact) mass is 557 g/mol. The van der Waals surface area contributed by atoms with Gasteiger partial charge in [0.2, 0.25) is 0 Å². The van der Waals surface area contributed by atoms with E-state index in [0.717, 1.165) is 25.9 Å². The minimum Gasteiger partial charge on any atom is -0.234 e. The number of hydrogen-bond acceptors (Lipinski definition) is 0. The van der Waals surface area contributed by atoms with E-state index in [1.54, 1.807) is 0 Å². The molecule has 0 amide bonds. The van der Waals surface area contributed by atoms with E-state index >= 15 is 0 Å². The van der Waals surface area contributed by atoms with E-state index in [4.69, 9.17) is 0 Å². The van der Waals surface area contributed by atoms with Gasteiger partial charge in [-0.3, -0.25) is 0 Å². The average Bonchev–Trinajstić information content (AvgIpc) is 3.31. The fraction of sp³-hybridized carbons (Fsp3) is 0.615. The summed E-state index contributed by atoms with van der Waals surface area (Å²) in [5, 5.41) is 0. The fourth-order valence-corrected chi connectivity index (χ4v) is 6.28. The van der Waals surface area contributed by atoms with Crippen LogP contribution in [0.3, 0.4) is 0 Å². The van der Waals surface area contributed by atoms with Gasteiger partial charge >= 0.3 is 0 Å². The molecule has 1 unspecified atom stereocenters. The SMILES string of the molecule is CCCCCCCCCCCCC[n+]1cc(CC(C)c2ccccc2)n(CCCCCCC)c1Cc1ccccc1. The molecule has 2 heteroatoms. The zero-order chi connectivity index (χ0) is 29.0. The van der Waals surface area contributed by atoms with Gasteiger partial charge in [-0.15, -0.1) is 0 Å². The molecule has 0 fully saturated rings. The normalized spacial score (nSPS) is 12.2. The summed E-state index contributed by atoms with van der Waals surface area (Å²) < 4.78 is 5.36. The number of aryl methyl sites for hydroxylation is 1. The molecule has 41 heavy (non-hydrogen) atoms. The molecule has 3 aromatic rings. The molecule has 3 rings (SSSR count). The molecule has 0 saturated carbocycles. The summed E-state index contributed by atoms with van der Waals surface area (Å²) in [6.45, 7) is 9.31. The van der Waals surface area contributed by atoms with Crippen LogP contribution in [0.15, 0.2) is 66.9 Å². The second-order valence-corrected chi connectivity index (χ2v) is 12.5. The minimum atomic E-state index is 0.518. The van der Waals surface area contributed by atoms with E-state index in [0.29, 0.717) is 5.92 Å². The van der Waals surface area contributed by atoms with E-state index in [1.807, 2.05) is 0 Å². The summed E-state index contributed by atoms with van der Waals surface area (Å²) in [5.74, 6) is 2.03. The van der Waals surface area contributed by atoms with E-state index in [2.05, 4.69) is 96.8 Å². The highest BCUT2D eigenvalue weighted by atomic mass is 15.2. The third-order valence-electron chi connectivity index (χ3n) is 8.87. The first kappa shape index (κ1) is 33.2. The van der Waals surface area contributed by atoms with Crippen LogP contribution >= 0.6 is 0 Å². The van der Waals surface area contributed by atoms with Crippen LogP contribution in [0.4, 0.5) is 0 Å². The van der Waals surface area contributed by atoms with Gasteiger partial charge in [0.25, 0.3) is 5.82 Å². The summed E-state index contributed by atoms with van der Waals surface area (Å²) >= 11 is 0. The molecule has 1 heterocycles. The molecule has 0 saturated heterocycles. The Hall–Kier alpha value is -2.35. The van der Waals surface area contributed by atoms with Crippen molar-refractivity contribution < 1.29 is 4.57 Å².